The van der Waals surface area contributed by atoms with Crippen LogP contribution >= 0.6 is 15.9 Å². The lowest BCUT2D eigenvalue weighted by molar-refractivity contribution is 0.284. The number of alkyl halides is 1. The van der Waals surface area contributed by atoms with Gasteiger partial charge in [0, 0.05) is 11.4 Å². The lowest BCUT2D eigenvalue weighted by Gasteiger charge is -2.02. The number of rotatable bonds is 4. The fraction of sp³-hybridized carbons (Fsp3) is 1.00. The number of hydrogen-bond acceptors (Lipinski definition) is 1. The predicted molar refractivity (Wildman–Crippen MR) is 39.3 cm³/mol. The summed E-state index contributed by atoms with van der Waals surface area (Å²) in [6.07, 6.45) is 3.16. The van der Waals surface area contributed by atoms with Gasteiger partial charge in [-0.2, -0.15) is 0 Å². The molecule has 0 aromatic carbocycles. The molecule has 2 heteroatoms. The second kappa shape index (κ2) is 5.57. The summed E-state index contributed by atoms with van der Waals surface area (Å²) in [5, 5.41) is 8.39. The zero-order valence-corrected chi connectivity index (χ0v) is 6.82. The summed E-state index contributed by atoms with van der Waals surface area (Å²) in [5.74, 6) is 0. The molecule has 0 aromatic rings. The third-order valence-electron chi connectivity index (χ3n) is 1.12. The minimum absolute atomic E-state index is 0.322. The molecule has 0 unspecified atom stereocenters. The average Bonchev–Trinajstić information content (AvgIpc) is 1.83. The van der Waals surface area contributed by atoms with Gasteiger partial charge in [-0.1, -0.05) is 22.9 Å². The zero-order valence-electron chi connectivity index (χ0n) is 5.23. The van der Waals surface area contributed by atoms with Crippen LogP contribution in [-0.4, -0.2) is 16.5 Å². The molecule has 8 heavy (non-hydrogen) atoms. The van der Waals surface area contributed by atoms with E-state index in [9.17, 15) is 0 Å². The molecule has 1 N–H and O–H groups in total. The normalized spacial score (nSPS) is 13.9. The molecular formula is C6H13BrO. The predicted octanol–water partition coefficient (Wildman–Crippen LogP) is 1.93. The summed E-state index contributed by atoms with van der Waals surface area (Å²) in [4.78, 5) is 0.606. The smallest absolute Gasteiger partial charge is 0.0431 e. The summed E-state index contributed by atoms with van der Waals surface area (Å²) < 4.78 is 0. The van der Waals surface area contributed by atoms with Crippen molar-refractivity contribution in [1.82, 2.24) is 0 Å². The molecule has 0 fully saturated rings. The van der Waals surface area contributed by atoms with E-state index >= 15 is 0 Å². The van der Waals surface area contributed by atoms with Gasteiger partial charge in [-0.25, -0.2) is 0 Å². The van der Waals surface area contributed by atoms with Crippen LogP contribution < -0.4 is 0 Å². The van der Waals surface area contributed by atoms with Crippen molar-refractivity contribution in [2.45, 2.75) is 31.0 Å². The third kappa shape index (κ3) is 4.60. The molecule has 0 radical (unpaired) electrons. The number of halogens is 1. The Labute approximate surface area is 59.2 Å². The van der Waals surface area contributed by atoms with Gasteiger partial charge in [-0.15, -0.1) is 0 Å². The van der Waals surface area contributed by atoms with E-state index in [0.717, 1.165) is 19.3 Å². The number of hydrogen-bond donors (Lipinski definition) is 1. The Morgan fingerprint density at radius 2 is 2.25 bits per heavy atom. The van der Waals surface area contributed by atoms with Gasteiger partial charge >= 0.3 is 0 Å². The molecule has 0 aliphatic rings. The highest BCUT2D eigenvalue weighted by atomic mass is 79.9. The summed E-state index contributed by atoms with van der Waals surface area (Å²) >= 11 is 3.47. The van der Waals surface area contributed by atoms with E-state index in [1.165, 1.54) is 0 Å². The molecule has 0 spiro atoms. The van der Waals surface area contributed by atoms with Crippen LogP contribution in [0.15, 0.2) is 0 Å². The molecule has 50 valence electrons. The zero-order chi connectivity index (χ0) is 6.41. The van der Waals surface area contributed by atoms with E-state index in [1.54, 1.807) is 0 Å². The van der Waals surface area contributed by atoms with Crippen LogP contribution in [0.25, 0.3) is 0 Å². The quantitative estimate of drug-likeness (QED) is 0.657. The van der Waals surface area contributed by atoms with Crippen molar-refractivity contribution in [2.75, 3.05) is 6.61 Å². The van der Waals surface area contributed by atoms with E-state index in [0.29, 0.717) is 11.4 Å². The van der Waals surface area contributed by atoms with Crippen LogP contribution in [0.2, 0.25) is 0 Å². The second-order valence-electron chi connectivity index (χ2n) is 1.87. The fourth-order valence-electron chi connectivity index (χ4n) is 0.517. The summed E-state index contributed by atoms with van der Waals surface area (Å²) in [6.45, 7) is 2.46. The Morgan fingerprint density at radius 3 is 2.62 bits per heavy atom. The van der Waals surface area contributed by atoms with Crippen molar-refractivity contribution in [3.05, 3.63) is 0 Å². The standard InChI is InChI=1S/C6H13BrO/c1-2-6(7)4-3-5-8/h6,8H,2-5H2,1H3/t6-/m0/s1. The van der Waals surface area contributed by atoms with Crippen LogP contribution in [0.4, 0.5) is 0 Å². The topological polar surface area (TPSA) is 20.2 Å². The first-order chi connectivity index (χ1) is 3.81. The molecule has 1 nitrogen and oxygen atoms in total. The van der Waals surface area contributed by atoms with Crippen molar-refractivity contribution in [2.24, 2.45) is 0 Å². The van der Waals surface area contributed by atoms with Gasteiger partial charge < -0.3 is 5.11 Å². The van der Waals surface area contributed by atoms with Crippen LogP contribution in [0.1, 0.15) is 26.2 Å². The molecule has 0 saturated carbocycles. The Bertz CT molecular complexity index is 47.8. The highest BCUT2D eigenvalue weighted by molar-refractivity contribution is 9.09. The van der Waals surface area contributed by atoms with E-state index in [2.05, 4.69) is 22.9 Å². The van der Waals surface area contributed by atoms with Crippen molar-refractivity contribution >= 4 is 15.9 Å². The summed E-state index contributed by atoms with van der Waals surface area (Å²) in [5.41, 5.74) is 0. The molecule has 0 bridgehead atoms. The monoisotopic (exact) mass is 180 g/mol. The van der Waals surface area contributed by atoms with Gasteiger partial charge in [-0.3, -0.25) is 0 Å². The summed E-state index contributed by atoms with van der Waals surface area (Å²) in [7, 11) is 0. The fourth-order valence-corrected chi connectivity index (χ4v) is 0.841. The lowest BCUT2D eigenvalue weighted by Crippen LogP contribution is -1.95. The van der Waals surface area contributed by atoms with Crippen molar-refractivity contribution in [3.8, 4) is 0 Å². The van der Waals surface area contributed by atoms with Crippen molar-refractivity contribution < 1.29 is 5.11 Å². The molecule has 1 atom stereocenters. The van der Waals surface area contributed by atoms with Gasteiger partial charge in [0.05, 0.1) is 0 Å². The van der Waals surface area contributed by atoms with Gasteiger partial charge in [0.25, 0.3) is 0 Å². The van der Waals surface area contributed by atoms with Crippen LogP contribution in [0, 0.1) is 0 Å². The Balaban J connectivity index is 2.86. The highest BCUT2D eigenvalue weighted by Gasteiger charge is 1.97. The summed E-state index contributed by atoms with van der Waals surface area (Å²) in [6, 6.07) is 0. The van der Waals surface area contributed by atoms with Gasteiger partial charge in [0.1, 0.15) is 0 Å². The first-order valence-electron chi connectivity index (χ1n) is 3.06. The molecule has 0 heterocycles. The van der Waals surface area contributed by atoms with Crippen LogP contribution in [-0.2, 0) is 0 Å². The van der Waals surface area contributed by atoms with Crippen LogP contribution in [0.5, 0.6) is 0 Å². The van der Waals surface area contributed by atoms with Gasteiger partial charge in [-0.05, 0) is 19.3 Å². The number of aliphatic hydroxyl groups is 1. The maximum atomic E-state index is 8.39. The first-order valence-corrected chi connectivity index (χ1v) is 3.97. The SMILES string of the molecule is CC[C@H](Br)CCCO. The Hall–Kier alpha value is 0.440. The van der Waals surface area contributed by atoms with Crippen molar-refractivity contribution in [1.29, 1.82) is 0 Å². The molecule has 0 aromatic heterocycles. The lowest BCUT2D eigenvalue weighted by atomic mass is 10.2. The third-order valence-corrected chi connectivity index (χ3v) is 2.22. The Kier molecular flexibility index (Phi) is 5.88. The largest absolute Gasteiger partial charge is 0.396 e. The van der Waals surface area contributed by atoms with Gasteiger partial charge in [0.15, 0.2) is 0 Å². The molecule has 0 saturated heterocycles. The molecule has 0 aliphatic carbocycles. The van der Waals surface area contributed by atoms with E-state index in [4.69, 9.17) is 5.11 Å². The van der Waals surface area contributed by atoms with Crippen molar-refractivity contribution in [3.63, 3.8) is 0 Å². The first kappa shape index (κ1) is 8.44. The Morgan fingerprint density at radius 1 is 1.62 bits per heavy atom. The molecule has 0 amide bonds. The minimum Gasteiger partial charge on any atom is -0.396 e. The molecule has 0 rings (SSSR count). The maximum Gasteiger partial charge on any atom is 0.0431 e. The van der Waals surface area contributed by atoms with Crippen LogP contribution in [0.3, 0.4) is 0 Å². The number of aliphatic hydroxyl groups excluding tert-OH is 1. The second-order valence-corrected chi connectivity index (χ2v) is 3.17. The van der Waals surface area contributed by atoms with Gasteiger partial charge in [0.2, 0.25) is 0 Å². The highest BCUT2D eigenvalue weighted by Crippen LogP contribution is 2.10. The van der Waals surface area contributed by atoms with E-state index in [-0.39, 0.29) is 0 Å². The van der Waals surface area contributed by atoms with E-state index in [1.807, 2.05) is 0 Å². The minimum atomic E-state index is 0.322. The van der Waals surface area contributed by atoms with E-state index < -0.39 is 0 Å². The molecular weight excluding hydrogens is 168 g/mol. The molecule has 0 aliphatic heterocycles. The maximum absolute atomic E-state index is 8.39. The average molecular weight is 181 g/mol.